The Kier molecular flexibility index (Phi) is 4.14. The van der Waals surface area contributed by atoms with E-state index >= 15 is 0 Å². The van der Waals surface area contributed by atoms with Crippen molar-refractivity contribution in [3.63, 3.8) is 0 Å². The van der Waals surface area contributed by atoms with E-state index in [0.29, 0.717) is 28.7 Å². The summed E-state index contributed by atoms with van der Waals surface area (Å²) in [7, 11) is 1.51. The summed E-state index contributed by atoms with van der Waals surface area (Å²) < 4.78 is 12.1. The molecule has 0 fully saturated rings. The highest BCUT2D eigenvalue weighted by Crippen LogP contribution is 2.37. The molecule has 0 aliphatic carbocycles. The molecule has 0 aliphatic heterocycles. The van der Waals surface area contributed by atoms with Gasteiger partial charge in [0.05, 0.1) is 34.0 Å². The maximum absolute atomic E-state index is 8.95. The summed E-state index contributed by atoms with van der Waals surface area (Å²) in [6.07, 6.45) is 0. The number of methoxy groups -OCH3 is 1. The summed E-state index contributed by atoms with van der Waals surface area (Å²) in [6, 6.07) is 13.1. The fourth-order valence-corrected chi connectivity index (χ4v) is 3.19. The first-order valence-electron chi connectivity index (χ1n) is 6.46. The zero-order valence-corrected chi connectivity index (χ0v) is 13.2. The number of nitriles is 1. The highest BCUT2D eigenvalue weighted by molar-refractivity contribution is 7.18. The molecule has 0 unspecified atom stereocenters. The highest BCUT2D eigenvalue weighted by atomic mass is 35.5. The Morgan fingerprint density at radius 1 is 1.32 bits per heavy atom. The molecule has 0 bridgehead atoms. The van der Waals surface area contributed by atoms with Gasteiger partial charge in [-0.2, -0.15) is 5.26 Å². The average Bonchev–Trinajstić information content (AvgIpc) is 2.95. The van der Waals surface area contributed by atoms with Gasteiger partial charge in [-0.1, -0.05) is 23.7 Å². The number of rotatable bonds is 4. The molecule has 3 aromatic rings. The number of thiazole rings is 1. The molecule has 0 atom stereocenters. The van der Waals surface area contributed by atoms with Crippen LogP contribution in [0.3, 0.4) is 0 Å². The monoisotopic (exact) mass is 330 g/mol. The lowest BCUT2D eigenvalue weighted by Gasteiger charge is -2.11. The summed E-state index contributed by atoms with van der Waals surface area (Å²) in [5.41, 5.74) is 1.37. The first kappa shape index (κ1) is 14.6. The Bertz CT molecular complexity index is 837. The van der Waals surface area contributed by atoms with Crippen LogP contribution in [-0.4, -0.2) is 12.1 Å². The summed E-state index contributed by atoms with van der Waals surface area (Å²) in [4.78, 5) is 4.50. The van der Waals surface area contributed by atoms with Gasteiger partial charge in [0.1, 0.15) is 11.6 Å². The van der Waals surface area contributed by atoms with E-state index in [2.05, 4.69) is 4.98 Å². The number of ether oxygens (including phenoxy) is 2. The van der Waals surface area contributed by atoms with Gasteiger partial charge in [0.2, 0.25) is 0 Å². The standard InChI is InChI=1S/C16H11ClN2O2S/c1-20-13-7-10(8-18)6-11(17)16(13)21-9-15-19-12-4-2-3-5-14(12)22-15/h2-7H,9H2,1H3. The molecule has 3 rings (SSSR count). The minimum absolute atomic E-state index is 0.293. The Labute approximate surface area is 136 Å². The lowest BCUT2D eigenvalue weighted by Crippen LogP contribution is -1.98. The fraction of sp³-hybridized carbons (Fsp3) is 0.125. The van der Waals surface area contributed by atoms with E-state index in [1.807, 2.05) is 30.3 Å². The zero-order valence-electron chi connectivity index (χ0n) is 11.7. The predicted octanol–water partition coefficient (Wildman–Crippen LogP) is 4.41. The van der Waals surface area contributed by atoms with Gasteiger partial charge in [0.25, 0.3) is 0 Å². The summed E-state index contributed by atoms with van der Waals surface area (Å²) >= 11 is 7.74. The molecule has 0 amide bonds. The lowest BCUT2D eigenvalue weighted by atomic mass is 10.2. The molecule has 2 aromatic carbocycles. The van der Waals surface area contributed by atoms with Gasteiger partial charge in [-0.25, -0.2) is 4.98 Å². The minimum atomic E-state index is 0.293. The zero-order chi connectivity index (χ0) is 15.5. The number of nitrogens with zero attached hydrogens (tertiary/aromatic N) is 2. The second-order valence-electron chi connectivity index (χ2n) is 4.47. The number of para-hydroxylation sites is 1. The Balaban J connectivity index is 1.85. The quantitative estimate of drug-likeness (QED) is 0.711. The molecular formula is C16H11ClN2O2S. The Hall–Kier alpha value is -2.29. The largest absolute Gasteiger partial charge is 0.493 e. The van der Waals surface area contributed by atoms with Crippen LogP contribution in [0.15, 0.2) is 36.4 Å². The van der Waals surface area contributed by atoms with Gasteiger partial charge in [-0.15, -0.1) is 11.3 Å². The van der Waals surface area contributed by atoms with Gasteiger partial charge in [-0.05, 0) is 18.2 Å². The van der Waals surface area contributed by atoms with Crippen LogP contribution in [0.25, 0.3) is 10.2 Å². The highest BCUT2D eigenvalue weighted by Gasteiger charge is 2.13. The minimum Gasteiger partial charge on any atom is -0.493 e. The van der Waals surface area contributed by atoms with Crippen LogP contribution in [0, 0.1) is 11.3 Å². The first-order valence-corrected chi connectivity index (χ1v) is 7.65. The molecule has 0 N–H and O–H groups in total. The van der Waals surface area contributed by atoms with E-state index in [-0.39, 0.29) is 0 Å². The van der Waals surface area contributed by atoms with Crippen LogP contribution in [0.5, 0.6) is 11.5 Å². The smallest absolute Gasteiger partial charge is 0.180 e. The Morgan fingerprint density at radius 2 is 2.14 bits per heavy atom. The molecule has 0 aliphatic rings. The summed E-state index contributed by atoms with van der Waals surface area (Å²) in [5.74, 6) is 0.854. The molecule has 0 radical (unpaired) electrons. The van der Waals surface area contributed by atoms with E-state index in [4.69, 9.17) is 26.3 Å². The second-order valence-corrected chi connectivity index (χ2v) is 5.99. The average molecular weight is 331 g/mol. The van der Waals surface area contributed by atoms with Crippen LogP contribution < -0.4 is 9.47 Å². The molecular weight excluding hydrogens is 320 g/mol. The predicted molar refractivity (Wildman–Crippen MR) is 86.7 cm³/mol. The molecule has 6 heteroatoms. The van der Waals surface area contributed by atoms with E-state index in [1.54, 1.807) is 23.5 Å². The molecule has 0 spiro atoms. The molecule has 0 saturated carbocycles. The lowest BCUT2D eigenvalue weighted by molar-refractivity contribution is 0.284. The van der Waals surface area contributed by atoms with Gasteiger partial charge in [0.15, 0.2) is 11.5 Å². The van der Waals surface area contributed by atoms with Gasteiger partial charge < -0.3 is 9.47 Å². The van der Waals surface area contributed by atoms with Crippen molar-refractivity contribution in [1.82, 2.24) is 4.98 Å². The number of aromatic nitrogens is 1. The van der Waals surface area contributed by atoms with Crippen molar-refractivity contribution >= 4 is 33.2 Å². The van der Waals surface area contributed by atoms with Crippen LogP contribution in [0.1, 0.15) is 10.6 Å². The first-order chi connectivity index (χ1) is 10.7. The van der Waals surface area contributed by atoms with Crippen molar-refractivity contribution < 1.29 is 9.47 Å². The number of halogens is 1. The third-order valence-corrected chi connectivity index (χ3v) is 4.33. The number of benzene rings is 2. The third-order valence-electron chi connectivity index (χ3n) is 3.04. The summed E-state index contributed by atoms with van der Waals surface area (Å²) in [5, 5.41) is 10.1. The van der Waals surface area contributed by atoms with Crippen molar-refractivity contribution in [3.8, 4) is 17.6 Å². The molecule has 1 aromatic heterocycles. The van der Waals surface area contributed by atoms with Crippen molar-refractivity contribution in [2.75, 3.05) is 7.11 Å². The van der Waals surface area contributed by atoms with Crippen molar-refractivity contribution in [2.24, 2.45) is 0 Å². The van der Waals surface area contributed by atoms with Crippen LogP contribution in [0.2, 0.25) is 5.02 Å². The maximum atomic E-state index is 8.95. The molecule has 4 nitrogen and oxygen atoms in total. The molecule has 110 valence electrons. The van der Waals surface area contributed by atoms with Crippen LogP contribution in [-0.2, 0) is 6.61 Å². The number of hydrogen-bond donors (Lipinski definition) is 0. The van der Waals surface area contributed by atoms with Crippen molar-refractivity contribution in [3.05, 3.63) is 52.0 Å². The van der Waals surface area contributed by atoms with Gasteiger partial charge >= 0.3 is 0 Å². The van der Waals surface area contributed by atoms with E-state index < -0.39 is 0 Å². The fourth-order valence-electron chi connectivity index (χ4n) is 2.04. The maximum Gasteiger partial charge on any atom is 0.180 e. The summed E-state index contributed by atoms with van der Waals surface area (Å²) in [6.45, 7) is 0.293. The van der Waals surface area contributed by atoms with Crippen molar-refractivity contribution in [1.29, 1.82) is 5.26 Å². The second kappa shape index (κ2) is 6.22. The van der Waals surface area contributed by atoms with E-state index in [9.17, 15) is 0 Å². The van der Waals surface area contributed by atoms with E-state index in [1.165, 1.54) is 7.11 Å². The van der Waals surface area contributed by atoms with Crippen LogP contribution in [0.4, 0.5) is 0 Å². The topological polar surface area (TPSA) is 55.1 Å². The molecule has 0 saturated heterocycles. The molecule has 22 heavy (non-hydrogen) atoms. The van der Waals surface area contributed by atoms with Gasteiger partial charge in [0, 0.05) is 6.07 Å². The van der Waals surface area contributed by atoms with Gasteiger partial charge in [-0.3, -0.25) is 0 Å². The van der Waals surface area contributed by atoms with Crippen molar-refractivity contribution in [2.45, 2.75) is 6.61 Å². The number of fused-ring (bicyclic) bond motifs is 1. The third kappa shape index (κ3) is 2.84. The van der Waals surface area contributed by atoms with Crippen LogP contribution >= 0.6 is 22.9 Å². The number of hydrogen-bond acceptors (Lipinski definition) is 5. The molecule has 1 heterocycles. The SMILES string of the molecule is COc1cc(C#N)cc(Cl)c1OCc1nc2ccccc2s1. The van der Waals surface area contributed by atoms with E-state index in [0.717, 1.165) is 15.2 Å². The normalized spacial score (nSPS) is 10.4. The Morgan fingerprint density at radius 3 is 2.86 bits per heavy atom.